The Hall–Kier alpha value is -2.70. The number of carbonyl (C=O) groups is 2. The lowest BCUT2D eigenvalue weighted by Gasteiger charge is -2.41. The molecule has 1 amide bonds. The number of nitrogens with zero attached hydrogens (tertiary/aromatic N) is 1. The van der Waals surface area contributed by atoms with Gasteiger partial charge in [0.05, 0.1) is 16.8 Å². The van der Waals surface area contributed by atoms with Crippen molar-refractivity contribution < 1.29 is 19.6 Å². The number of rotatable bonds is 4. The second-order valence-electron chi connectivity index (χ2n) is 6.79. The van der Waals surface area contributed by atoms with Crippen molar-refractivity contribution in [2.45, 2.75) is 6.42 Å². The molecule has 1 aromatic rings. The Morgan fingerprint density at radius 2 is 1.83 bits per heavy atom. The van der Waals surface area contributed by atoms with Crippen molar-refractivity contribution in [2.75, 3.05) is 5.32 Å². The number of carboxylic acid groups (broad SMARTS) is 1. The van der Waals surface area contributed by atoms with Crippen LogP contribution in [0, 0.1) is 45.6 Å². The summed E-state index contributed by atoms with van der Waals surface area (Å²) in [4.78, 5) is 34.8. The molecule has 0 radical (unpaired) electrons. The van der Waals surface area contributed by atoms with Crippen LogP contribution >= 0.6 is 0 Å². The van der Waals surface area contributed by atoms with E-state index in [9.17, 15) is 24.8 Å². The van der Waals surface area contributed by atoms with Crippen LogP contribution in [-0.2, 0) is 9.59 Å². The first-order valence-electron chi connectivity index (χ1n) is 7.94. The van der Waals surface area contributed by atoms with E-state index in [-0.39, 0.29) is 23.4 Å². The summed E-state index contributed by atoms with van der Waals surface area (Å²) < 4.78 is 0. The molecule has 2 bridgehead atoms. The molecule has 0 spiro atoms. The van der Waals surface area contributed by atoms with Crippen LogP contribution in [0.1, 0.15) is 6.42 Å². The van der Waals surface area contributed by atoms with Crippen molar-refractivity contribution in [1.82, 2.24) is 0 Å². The molecule has 4 aliphatic rings. The van der Waals surface area contributed by atoms with Crippen molar-refractivity contribution in [1.29, 1.82) is 0 Å². The molecule has 0 aliphatic heterocycles. The maximum Gasteiger partial charge on any atom is 0.307 e. The quantitative estimate of drug-likeness (QED) is 0.501. The molecule has 2 fully saturated rings. The molecule has 2 saturated carbocycles. The number of nitro benzene ring substituents is 1. The predicted octanol–water partition coefficient (Wildman–Crippen LogP) is 2.30. The van der Waals surface area contributed by atoms with Gasteiger partial charge in [-0.3, -0.25) is 19.7 Å². The molecule has 4 aliphatic carbocycles. The van der Waals surface area contributed by atoms with E-state index >= 15 is 0 Å². The van der Waals surface area contributed by atoms with E-state index in [1.165, 1.54) is 18.2 Å². The highest BCUT2D eigenvalue weighted by Crippen LogP contribution is 2.63. The van der Waals surface area contributed by atoms with Gasteiger partial charge in [0.1, 0.15) is 0 Å². The number of non-ortho nitro benzene ring substituents is 1. The molecule has 7 nitrogen and oxygen atoms in total. The fourth-order valence-electron chi connectivity index (χ4n) is 4.49. The topological polar surface area (TPSA) is 110 Å². The smallest absolute Gasteiger partial charge is 0.307 e. The summed E-state index contributed by atoms with van der Waals surface area (Å²) in [5.41, 5.74) is 0.200. The lowest BCUT2D eigenvalue weighted by Crippen LogP contribution is -2.48. The van der Waals surface area contributed by atoms with E-state index in [2.05, 4.69) is 5.32 Å². The Balaban J connectivity index is 1.59. The van der Waals surface area contributed by atoms with Crippen LogP contribution in [0.25, 0.3) is 0 Å². The molecular formula is C17H16N2O5. The summed E-state index contributed by atoms with van der Waals surface area (Å²) in [5.74, 6) is -2.01. The van der Waals surface area contributed by atoms with Gasteiger partial charge in [0.2, 0.25) is 5.91 Å². The van der Waals surface area contributed by atoms with Crippen LogP contribution in [0.3, 0.4) is 0 Å². The minimum absolute atomic E-state index is 0.0557. The Labute approximate surface area is 137 Å². The molecule has 24 heavy (non-hydrogen) atoms. The van der Waals surface area contributed by atoms with Gasteiger partial charge in [-0.05, 0) is 36.2 Å². The van der Waals surface area contributed by atoms with Crippen LogP contribution < -0.4 is 5.32 Å². The van der Waals surface area contributed by atoms with Crippen LogP contribution in [0.5, 0.6) is 0 Å². The molecule has 0 heterocycles. The molecule has 7 heteroatoms. The number of hydrogen-bond donors (Lipinski definition) is 2. The minimum Gasteiger partial charge on any atom is -0.481 e. The molecule has 0 aromatic heterocycles. The Morgan fingerprint density at radius 1 is 1.17 bits per heavy atom. The molecule has 2 N–H and O–H groups in total. The number of allylic oxidation sites excluding steroid dienone is 2. The van der Waals surface area contributed by atoms with Gasteiger partial charge in [-0.15, -0.1) is 0 Å². The summed E-state index contributed by atoms with van der Waals surface area (Å²) in [6, 6.07) is 5.68. The zero-order valence-corrected chi connectivity index (χ0v) is 12.7. The van der Waals surface area contributed by atoms with Crippen LogP contribution in [0.4, 0.5) is 11.4 Å². The number of amides is 1. The number of nitro groups is 1. The molecule has 5 rings (SSSR count). The summed E-state index contributed by atoms with van der Waals surface area (Å²) in [5, 5.41) is 23.1. The number of benzene rings is 1. The van der Waals surface area contributed by atoms with E-state index in [0.717, 1.165) is 6.42 Å². The lowest BCUT2D eigenvalue weighted by molar-refractivity contribution is -0.384. The number of carboxylic acids is 1. The van der Waals surface area contributed by atoms with Gasteiger partial charge in [0.15, 0.2) is 0 Å². The highest BCUT2D eigenvalue weighted by atomic mass is 16.6. The SMILES string of the molecule is O=C(Nc1cccc([N+](=O)[O-])c1)[C@@H]1[C@H]2C=C[C@H]([C@H]3C[C@H]23)[C@@H]1C(=O)O. The zero-order valence-electron chi connectivity index (χ0n) is 12.7. The van der Waals surface area contributed by atoms with Crippen molar-refractivity contribution >= 4 is 23.3 Å². The van der Waals surface area contributed by atoms with E-state index < -0.39 is 22.7 Å². The average molecular weight is 328 g/mol. The maximum atomic E-state index is 12.7. The predicted molar refractivity (Wildman–Crippen MR) is 84.1 cm³/mol. The minimum atomic E-state index is -0.945. The van der Waals surface area contributed by atoms with Gasteiger partial charge in [0.25, 0.3) is 5.69 Å². The Morgan fingerprint density at radius 3 is 2.46 bits per heavy atom. The van der Waals surface area contributed by atoms with E-state index in [1.807, 2.05) is 12.2 Å². The third-order valence-electron chi connectivity index (χ3n) is 5.56. The second kappa shape index (κ2) is 5.15. The number of aliphatic carboxylic acids is 1. The number of nitrogens with one attached hydrogen (secondary N) is 1. The lowest BCUT2D eigenvalue weighted by atomic mass is 9.62. The molecule has 0 saturated heterocycles. The van der Waals surface area contributed by atoms with E-state index in [4.69, 9.17) is 0 Å². The fourth-order valence-corrected chi connectivity index (χ4v) is 4.49. The summed E-state index contributed by atoms with van der Waals surface area (Å²) in [7, 11) is 0. The zero-order chi connectivity index (χ0) is 17.0. The van der Waals surface area contributed by atoms with Crippen LogP contribution in [0.15, 0.2) is 36.4 Å². The number of anilines is 1. The fraction of sp³-hybridized carbons (Fsp3) is 0.412. The van der Waals surface area contributed by atoms with E-state index in [0.29, 0.717) is 17.5 Å². The molecule has 6 atom stereocenters. The van der Waals surface area contributed by atoms with Gasteiger partial charge < -0.3 is 10.4 Å². The summed E-state index contributed by atoms with van der Waals surface area (Å²) in [6.45, 7) is 0. The maximum absolute atomic E-state index is 12.7. The third-order valence-corrected chi connectivity index (χ3v) is 5.56. The molecule has 1 aromatic carbocycles. The van der Waals surface area contributed by atoms with Gasteiger partial charge in [-0.2, -0.15) is 0 Å². The molecular weight excluding hydrogens is 312 g/mol. The van der Waals surface area contributed by atoms with Gasteiger partial charge in [-0.1, -0.05) is 18.2 Å². The highest BCUT2D eigenvalue weighted by Gasteiger charge is 2.62. The van der Waals surface area contributed by atoms with Crippen LogP contribution in [0.2, 0.25) is 0 Å². The first-order valence-corrected chi connectivity index (χ1v) is 7.94. The number of hydrogen-bond acceptors (Lipinski definition) is 4. The van der Waals surface area contributed by atoms with Crippen LogP contribution in [-0.4, -0.2) is 21.9 Å². The average Bonchev–Trinajstić information content (AvgIpc) is 3.36. The Kier molecular flexibility index (Phi) is 3.19. The standard InChI is InChI=1S/C17H16N2O5/c20-16(18-8-2-1-3-9(6-8)19(23)24)14-10-4-5-11(13-7-12(10)13)15(14)17(21)22/h1-6,10-15H,7H2,(H,18,20)(H,21,22)/t10-,11+,12+,13+,14+,15-/m0/s1. The van der Waals surface area contributed by atoms with Gasteiger partial charge in [0, 0.05) is 17.8 Å². The van der Waals surface area contributed by atoms with Crippen molar-refractivity contribution in [3.8, 4) is 0 Å². The van der Waals surface area contributed by atoms with Gasteiger partial charge >= 0.3 is 5.97 Å². The van der Waals surface area contributed by atoms with Gasteiger partial charge in [-0.25, -0.2) is 0 Å². The monoisotopic (exact) mass is 328 g/mol. The second-order valence-corrected chi connectivity index (χ2v) is 6.79. The third kappa shape index (κ3) is 2.19. The molecule has 0 unspecified atom stereocenters. The van der Waals surface area contributed by atoms with E-state index in [1.54, 1.807) is 6.07 Å². The number of carbonyl (C=O) groups excluding carboxylic acids is 1. The summed E-state index contributed by atoms with van der Waals surface area (Å²) >= 11 is 0. The largest absolute Gasteiger partial charge is 0.481 e. The first-order chi connectivity index (χ1) is 11.5. The normalized spacial score (nSPS) is 35.2. The van der Waals surface area contributed by atoms with Crippen molar-refractivity contribution in [3.63, 3.8) is 0 Å². The molecule has 124 valence electrons. The first kappa shape index (κ1) is 14.9. The number of fused-ring (bicyclic) bond motifs is 1. The van der Waals surface area contributed by atoms with Crippen molar-refractivity contribution in [2.24, 2.45) is 35.5 Å². The highest BCUT2D eigenvalue weighted by molar-refractivity contribution is 5.96. The Bertz CT molecular complexity index is 774. The van der Waals surface area contributed by atoms with Crippen molar-refractivity contribution in [3.05, 3.63) is 46.5 Å². The summed E-state index contributed by atoms with van der Waals surface area (Å²) in [6.07, 6.45) is 4.91.